The Labute approximate surface area is 118 Å². The van der Waals surface area contributed by atoms with Gasteiger partial charge in [0, 0.05) is 12.6 Å². The van der Waals surface area contributed by atoms with Gasteiger partial charge in [0.2, 0.25) is 0 Å². The maximum atomic E-state index is 12.4. The molecular weight excluding hydrogens is 264 g/mol. The summed E-state index contributed by atoms with van der Waals surface area (Å²) in [5.41, 5.74) is 0. The lowest BCUT2D eigenvalue weighted by molar-refractivity contribution is -0.140. The first-order valence-electron chi connectivity index (χ1n) is 6.94. The van der Waals surface area contributed by atoms with Crippen molar-refractivity contribution in [3.8, 4) is 0 Å². The molecule has 0 aromatic carbocycles. The van der Waals surface area contributed by atoms with Gasteiger partial charge in [0.15, 0.2) is 0 Å². The second-order valence-electron chi connectivity index (χ2n) is 5.00. The molecule has 1 fully saturated rings. The number of hydrogen-bond donors (Lipinski definition) is 2. The summed E-state index contributed by atoms with van der Waals surface area (Å²) in [4.78, 5) is 36.4. The Balaban J connectivity index is 2.77. The SMILES string of the molecule is CCN(C(=O)N(CC(=O)O)CC(=O)O)C1CCCCC1. The number of hydrogen-bond acceptors (Lipinski definition) is 3. The zero-order valence-electron chi connectivity index (χ0n) is 11.7. The topological polar surface area (TPSA) is 98.2 Å². The molecule has 0 unspecified atom stereocenters. The fourth-order valence-corrected chi connectivity index (χ4v) is 2.64. The lowest BCUT2D eigenvalue weighted by Crippen LogP contribution is -2.51. The molecule has 0 bridgehead atoms. The third-order valence-corrected chi connectivity index (χ3v) is 3.52. The van der Waals surface area contributed by atoms with Crippen LogP contribution in [0.3, 0.4) is 0 Å². The van der Waals surface area contributed by atoms with Gasteiger partial charge in [-0.05, 0) is 19.8 Å². The summed E-state index contributed by atoms with van der Waals surface area (Å²) in [7, 11) is 0. The molecule has 2 N–H and O–H groups in total. The zero-order chi connectivity index (χ0) is 15.1. The Morgan fingerprint density at radius 1 is 1.00 bits per heavy atom. The molecule has 0 spiro atoms. The number of carbonyl (C=O) groups is 3. The number of aliphatic carboxylic acids is 2. The first-order valence-corrected chi connectivity index (χ1v) is 6.94. The average Bonchev–Trinajstić information content (AvgIpc) is 2.39. The smallest absolute Gasteiger partial charge is 0.323 e. The Morgan fingerprint density at radius 3 is 1.90 bits per heavy atom. The minimum Gasteiger partial charge on any atom is -0.480 e. The largest absolute Gasteiger partial charge is 0.480 e. The molecule has 1 saturated carbocycles. The number of carboxylic acid groups (broad SMARTS) is 2. The molecule has 114 valence electrons. The maximum absolute atomic E-state index is 12.4. The predicted molar refractivity (Wildman–Crippen MR) is 71.5 cm³/mol. The van der Waals surface area contributed by atoms with Crippen molar-refractivity contribution in [3.05, 3.63) is 0 Å². The van der Waals surface area contributed by atoms with E-state index in [4.69, 9.17) is 10.2 Å². The molecule has 2 amide bonds. The van der Waals surface area contributed by atoms with Gasteiger partial charge in [-0.1, -0.05) is 19.3 Å². The summed E-state index contributed by atoms with van der Waals surface area (Å²) in [5, 5.41) is 17.6. The van der Waals surface area contributed by atoms with Crippen molar-refractivity contribution in [1.29, 1.82) is 0 Å². The second kappa shape index (κ2) is 7.72. The molecule has 7 nitrogen and oxygen atoms in total. The van der Waals surface area contributed by atoms with E-state index in [1.165, 1.54) is 0 Å². The lowest BCUT2D eigenvalue weighted by atomic mass is 9.94. The van der Waals surface area contributed by atoms with Crippen molar-refractivity contribution >= 4 is 18.0 Å². The number of nitrogens with zero attached hydrogens (tertiary/aromatic N) is 2. The van der Waals surface area contributed by atoms with Gasteiger partial charge in [-0.2, -0.15) is 0 Å². The van der Waals surface area contributed by atoms with Crippen molar-refractivity contribution in [2.75, 3.05) is 19.6 Å². The van der Waals surface area contributed by atoms with Gasteiger partial charge < -0.3 is 20.0 Å². The highest BCUT2D eigenvalue weighted by Crippen LogP contribution is 2.23. The van der Waals surface area contributed by atoms with Crippen molar-refractivity contribution in [2.45, 2.75) is 45.1 Å². The first-order chi connectivity index (χ1) is 9.45. The van der Waals surface area contributed by atoms with Gasteiger partial charge >= 0.3 is 18.0 Å². The minimum atomic E-state index is -1.21. The highest BCUT2D eigenvalue weighted by atomic mass is 16.4. The summed E-state index contributed by atoms with van der Waals surface area (Å²) in [6, 6.07) is -0.407. The molecule has 0 atom stereocenters. The standard InChI is InChI=1S/C13H22N2O5/c1-2-15(10-6-4-3-5-7-10)13(20)14(8-11(16)17)9-12(18)19/h10H,2-9H2,1H3,(H,16,17)(H,18,19). The average molecular weight is 286 g/mol. The summed E-state index contributed by atoms with van der Waals surface area (Å²) in [6.07, 6.45) is 5.04. The molecule has 1 aliphatic rings. The third-order valence-electron chi connectivity index (χ3n) is 3.52. The Hall–Kier alpha value is -1.79. The summed E-state index contributed by atoms with van der Waals surface area (Å²) >= 11 is 0. The Morgan fingerprint density at radius 2 is 1.50 bits per heavy atom. The highest BCUT2D eigenvalue weighted by molar-refractivity contribution is 5.84. The van der Waals surface area contributed by atoms with Crippen LogP contribution in [-0.4, -0.2) is 63.7 Å². The molecule has 0 saturated heterocycles. The molecule has 1 rings (SSSR count). The number of carboxylic acids is 2. The van der Waals surface area contributed by atoms with Crippen LogP contribution in [0.25, 0.3) is 0 Å². The highest BCUT2D eigenvalue weighted by Gasteiger charge is 2.29. The van der Waals surface area contributed by atoms with Crippen molar-refractivity contribution in [1.82, 2.24) is 9.80 Å². The van der Waals surface area contributed by atoms with Crippen molar-refractivity contribution in [2.24, 2.45) is 0 Å². The van der Waals surface area contributed by atoms with Crippen LogP contribution in [0.2, 0.25) is 0 Å². The number of rotatable bonds is 6. The molecule has 7 heteroatoms. The van der Waals surface area contributed by atoms with E-state index in [0.717, 1.165) is 37.0 Å². The van der Waals surface area contributed by atoms with Crippen LogP contribution in [0.5, 0.6) is 0 Å². The van der Waals surface area contributed by atoms with Crippen LogP contribution < -0.4 is 0 Å². The molecule has 0 heterocycles. The van der Waals surface area contributed by atoms with Crippen LogP contribution in [0, 0.1) is 0 Å². The van der Waals surface area contributed by atoms with Gasteiger partial charge in [-0.3, -0.25) is 9.59 Å². The fraction of sp³-hybridized carbons (Fsp3) is 0.769. The zero-order valence-corrected chi connectivity index (χ0v) is 11.7. The Bertz CT molecular complexity index is 350. The Kier molecular flexibility index (Phi) is 6.27. The van der Waals surface area contributed by atoms with E-state index < -0.39 is 31.1 Å². The molecule has 0 aliphatic heterocycles. The van der Waals surface area contributed by atoms with Crippen LogP contribution in [-0.2, 0) is 9.59 Å². The third kappa shape index (κ3) is 4.71. The minimum absolute atomic E-state index is 0.0892. The normalized spacial score (nSPS) is 15.7. The number of amides is 2. The maximum Gasteiger partial charge on any atom is 0.323 e. The monoisotopic (exact) mass is 286 g/mol. The molecule has 0 radical (unpaired) electrons. The van der Waals surface area contributed by atoms with Crippen LogP contribution in [0.4, 0.5) is 4.79 Å². The van der Waals surface area contributed by atoms with Crippen LogP contribution >= 0.6 is 0 Å². The van der Waals surface area contributed by atoms with E-state index in [9.17, 15) is 14.4 Å². The number of urea groups is 1. The molecule has 1 aliphatic carbocycles. The van der Waals surface area contributed by atoms with Crippen molar-refractivity contribution in [3.63, 3.8) is 0 Å². The lowest BCUT2D eigenvalue weighted by Gasteiger charge is -2.36. The molecule has 0 aromatic rings. The van der Waals surface area contributed by atoms with E-state index >= 15 is 0 Å². The molecule has 0 aromatic heterocycles. The van der Waals surface area contributed by atoms with E-state index in [-0.39, 0.29) is 6.04 Å². The van der Waals surface area contributed by atoms with E-state index in [1.54, 1.807) is 4.90 Å². The van der Waals surface area contributed by atoms with Gasteiger partial charge in [0.25, 0.3) is 0 Å². The van der Waals surface area contributed by atoms with Crippen LogP contribution in [0.15, 0.2) is 0 Å². The second-order valence-corrected chi connectivity index (χ2v) is 5.00. The van der Waals surface area contributed by atoms with E-state index in [0.29, 0.717) is 6.54 Å². The van der Waals surface area contributed by atoms with Crippen molar-refractivity contribution < 1.29 is 24.6 Å². The summed E-state index contributed by atoms with van der Waals surface area (Å²) in [5.74, 6) is -2.42. The fourth-order valence-electron chi connectivity index (χ4n) is 2.64. The van der Waals surface area contributed by atoms with Gasteiger partial charge in [-0.15, -0.1) is 0 Å². The molecule has 20 heavy (non-hydrogen) atoms. The van der Waals surface area contributed by atoms with Crippen LogP contribution in [0.1, 0.15) is 39.0 Å². The molecular formula is C13H22N2O5. The van der Waals surface area contributed by atoms with Gasteiger partial charge in [0.05, 0.1) is 0 Å². The van der Waals surface area contributed by atoms with Gasteiger partial charge in [-0.25, -0.2) is 4.79 Å². The first kappa shape index (κ1) is 16.3. The predicted octanol–water partition coefficient (Wildman–Crippen LogP) is 1.23. The summed E-state index contributed by atoms with van der Waals surface area (Å²) < 4.78 is 0. The summed E-state index contributed by atoms with van der Waals surface area (Å²) in [6.45, 7) is 1.11. The van der Waals surface area contributed by atoms with E-state index in [1.807, 2.05) is 6.92 Å². The quantitative estimate of drug-likeness (QED) is 0.765. The number of carbonyl (C=O) groups excluding carboxylic acids is 1. The van der Waals surface area contributed by atoms with Gasteiger partial charge in [0.1, 0.15) is 13.1 Å². The van der Waals surface area contributed by atoms with E-state index in [2.05, 4.69) is 0 Å².